The minimum absolute atomic E-state index is 0. The molecule has 0 bridgehead atoms. The van der Waals surface area contributed by atoms with Crippen LogP contribution in [0.2, 0.25) is 5.02 Å². The third kappa shape index (κ3) is 6.27. The van der Waals surface area contributed by atoms with Gasteiger partial charge in [-0.2, -0.15) is 0 Å². The van der Waals surface area contributed by atoms with Crippen molar-refractivity contribution in [3.8, 4) is 0 Å². The Labute approximate surface area is 121 Å². The number of hydrogen-bond donors (Lipinski definition) is 2. The number of carbonyl (C=O) groups is 1. The van der Waals surface area contributed by atoms with Crippen LogP contribution in [-0.2, 0) is 11.2 Å². The van der Waals surface area contributed by atoms with Crippen molar-refractivity contribution in [1.82, 2.24) is 5.32 Å². The zero-order chi connectivity index (χ0) is 12.0. The zero-order valence-corrected chi connectivity index (χ0v) is 12.4. The van der Waals surface area contributed by atoms with E-state index in [1.165, 1.54) is 0 Å². The lowest BCUT2D eigenvalue weighted by Crippen LogP contribution is -2.29. The van der Waals surface area contributed by atoms with Crippen LogP contribution in [0, 0.1) is 0 Å². The van der Waals surface area contributed by atoms with Crippen molar-refractivity contribution >= 4 is 45.8 Å². The van der Waals surface area contributed by atoms with Crippen LogP contribution in [-0.4, -0.2) is 19.0 Å². The quantitative estimate of drug-likeness (QED) is 0.864. The van der Waals surface area contributed by atoms with Crippen LogP contribution >= 0.6 is 39.9 Å². The number of nitrogens with one attached hydrogen (secondary N) is 1. The normalized spacial score (nSPS) is 9.59. The Morgan fingerprint density at radius 3 is 2.82 bits per heavy atom. The maximum absolute atomic E-state index is 11.4. The monoisotopic (exact) mass is 340 g/mol. The Balaban J connectivity index is 0.00000256. The van der Waals surface area contributed by atoms with Gasteiger partial charge in [0.2, 0.25) is 5.91 Å². The van der Waals surface area contributed by atoms with Gasteiger partial charge in [0.25, 0.3) is 0 Å². The minimum Gasteiger partial charge on any atom is -0.355 e. The molecule has 0 aliphatic rings. The molecule has 96 valence electrons. The fraction of sp³-hybridized carbons (Fsp3) is 0.364. The Kier molecular flexibility index (Phi) is 8.60. The number of carbonyl (C=O) groups excluding carboxylic acids is 1. The van der Waals surface area contributed by atoms with Gasteiger partial charge in [-0.15, -0.1) is 12.4 Å². The molecule has 0 fully saturated rings. The molecule has 0 radical (unpaired) electrons. The minimum atomic E-state index is 0. The van der Waals surface area contributed by atoms with E-state index in [9.17, 15) is 4.79 Å². The first-order valence-electron chi connectivity index (χ1n) is 5.04. The third-order valence-electron chi connectivity index (χ3n) is 2.10. The summed E-state index contributed by atoms with van der Waals surface area (Å²) in [5, 5.41) is 3.41. The predicted molar refractivity (Wildman–Crippen MR) is 76.8 cm³/mol. The summed E-state index contributed by atoms with van der Waals surface area (Å²) in [7, 11) is 0. The van der Waals surface area contributed by atoms with Gasteiger partial charge in [0.1, 0.15) is 0 Å². The van der Waals surface area contributed by atoms with Crippen molar-refractivity contribution in [2.24, 2.45) is 5.73 Å². The van der Waals surface area contributed by atoms with Gasteiger partial charge < -0.3 is 11.1 Å². The van der Waals surface area contributed by atoms with Crippen molar-refractivity contribution in [1.29, 1.82) is 0 Å². The van der Waals surface area contributed by atoms with Gasteiger partial charge in [-0.3, -0.25) is 4.79 Å². The number of halogens is 3. The zero-order valence-electron chi connectivity index (χ0n) is 9.21. The van der Waals surface area contributed by atoms with Gasteiger partial charge in [-0.05, 0) is 30.2 Å². The van der Waals surface area contributed by atoms with Crippen LogP contribution in [0.4, 0.5) is 0 Å². The molecule has 1 amide bonds. The van der Waals surface area contributed by atoms with Crippen LogP contribution in [0.25, 0.3) is 0 Å². The van der Waals surface area contributed by atoms with Crippen molar-refractivity contribution in [3.63, 3.8) is 0 Å². The van der Waals surface area contributed by atoms with Gasteiger partial charge in [-0.1, -0.05) is 27.5 Å². The molecule has 0 atom stereocenters. The summed E-state index contributed by atoms with van der Waals surface area (Å²) >= 11 is 9.30. The number of benzene rings is 1. The molecule has 0 spiro atoms. The molecule has 0 saturated carbocycles. The van der Waals surface area contributed by atoms with E-state index in [1.807, 2.05) is 18.2 Å². The van der Waals surface area contributed by atoms with E-state index in [2.05, 4.69) is 21.2 Å². The standard InChI is InChI=1S/C11H14BrClN2O.ClH/c12-10-3-2-9(13)7-8(10)1-4-11(16)15-6-5-14;/h2-3,7H,1,4-6,14H2,(H,15,16);1H. The highest BCUT2D eigenvalue weighted by molar-refractivity contribution is 9.10. The molecule has 3 N–H and O–H groups in total. The highest BCUT2D eigenvalue weighted by Crippen LogP contribution is 2.22. The molecule has 0 aromatic heterocycles. The molecule has 0 heterocycles. The molecule has 1 aromatic rings. The van der Waals surface area contributed by atoms with Crippen molar-refractivity contribution < 1.29 is 4.79 Å². The Hall–Kier alpha value is -0.290. The van der Waals surface area contributed by atoms with E-state index < -0.39 is 0 Å². The van der Waals surface area contributed by atoms with Crippen LogP contribution in [0.15, 0.2) is 22.7 Å². The fourth-order valence-corrected chi connectivity index (χ4v) is 1.92. The molecule has 3 nitrogen and oxygen atoms in total. The number of aryl methyl sites for hydroxylation is 1. The number of amides is 1. The van der Waals surface area contributed by atoms with E-state index in [0.29, 0.717) is 31.0 Å². The average Bonchev–Trinajstić information content (AvgIpc) is 2.27. The molecule has 0 aliphatic heterocycles. The Bertz CT molecular complexity index is 374. The summed E-state index contributed by atoms with van der Waals surface area (Å²) in [5.41, 5.74) is 6.33. The molecule has 0 saturated heterocycles. The Morgan fingerprint density at radius 2 is 2.18 bits per heavy atom. The second-order valence-corrected chi connectivity index (χ2v) is 4.67. The topological polar surface area (TPSA) is 55.1 Å². The maximum Gasteiger partial charge on any atom is 0.220 e. The van der Waals surface area contributed by atoms with Gasteiger partial charge in [0.15, 0.2) is 0 Å². The summed E-state index contributed by atoms with van der Waals surface area (Å²) in [5.74, 6) is 0.0114. The summed E-state index contributed by atoms with van der Waals surface area (Å²) in [6.45, 7) is 0.988. The lowest BCUT2D eigenvalue weighted by molar-refractivity contribution is -0.120. The molecule has 1 aromatic carbocycles. The number of rotatable bonds is 5. The number of hydrogen-bond acceptors (Lipinski definition) is 2. The second-order valence-electron chi connectivity index (χ2n) is 3.37. The second kappa shape index (κ2) is 8.75. The summed E-state index contributed by atoms with van der Waals surface area (Å²) in [6.07, 6.45) is 1.11. The van der Waals surface area contributed by atoms with Crippen LogP contribution in [0.3, 0.4) is 0 Å². The third-order valence-corrected chi connectivity index (χ3v) is 3.10. The van der Waals surface area contributed by atoms with E-state index in [-0.39, 0.29) is 18.3 Å². The number of nitrogens with two attached hydrogens (primary N) is 1. The molecule has 0 unspecified atom stereocenters. The summed E-state index contributed by atoms with van der Waals surface area (Å²) < 4.78 is 0.975. The smallest absolute Gasteiger partial charge is 0.220 e. The predicted octanol–water partition coefficient (Wildman–Crippen LogP) is 2.53. The maximum atomic E-state index is 11.4. The fourth-order valence-electron chi connectivity index (χ4n) is 1.28. The van der Waals surface area contributed by atoms with Crippen molar-refractivity contribution in [2.45, 2.75) is 12.8 Å². The SMILES string of the molecule is Cl.NCCNC(=O)CCc1cc(Cl)ccc1Br. The lowest BCUT2D eigenvalue weighted by atomic mass is 10.1. The lowest BCUT2D eigenvalue weighted by Gasteiger charge is -2.06. The molecular weight excluding hydrogens is 327 g/mol. The molecule has 1 rings (SSSR count). The molecule has 6 heteroatoms. The Morgan fingerprint density at radius 1 is 1.47 bits per heavy atom. The molecular formula is C11H15BrCl2N2O. The summed E-state index contributed by atoms with van der Waals surface area (Å²) in [6, 6.07) is 5.56. The van der Waals surface area contributed by atoms with E-state index >= 15 is 0 Å². The average molecular weight is 342 g/mol. The van der Waals surface area contributed by atoms with Crippen molar-refractivity contribution in [3.05, 3.63) is 33.3 Å². The first-order chi connectivity index (χ1) is 7.63. The van der Waals surface area contributed by atoms with Gasteiger partial charge in [-0.25, -0.2) is 0 Å². The highest BCUT2D eigenvalue weighted by atomic mass is 79.9. The van der Waals surface area contributed by atoms with E-state index in [1.54, 1.807) is 0 Å². The van der Waals surface area contributed by atoms with Gasteiger partial charge in [0, 0.05) is 29.0 Å². The van der Waals surface area contributed by atoms with Crippen molar-refractivity contribution in [2.75, 3.05) is 13.1 Å². The van der Waals surface area contributed by atoms with Crippen LogP contribution < -0.4 is 11.1 Å². The van der Waals surface area contributed by atoms with Gasteiger partial charge in [0.05, 0.1) is 0 Å². The van der Waals surface area contributed by atoms with Gasteiger partial charge >= 0.3 is 0 Å². The van der Waals surface area contributed by atoms with Crippen LogP contribution in [0.5, 0.6) is 0 Å². The molecule has 0 aliphatic carbocycles. The van der Waals surface area contributed by atoms with E-state index in [0.717, 1.165) is 10.0 Å². The first kappa shape index (κ1) is 16.7. The highest BCUT2D eigenvalue weighted by Gasteiger charge is 2.05. The molecule has 17 heavy (non-hydrogen) atoms. The summed E-state index contributed by atoms with van der Waals surface area (Å²) in [4.78, 5) is 11.4. The largest absolute Gasteiger partial charge is 0.355 e. The van der Waals surface area contributed by atoms with E-state index in [4.69, 9.17) is 17.3 Å². The van der Waals surface area contributed by atoms with Crippen LogP contribution in [0.1, 0.15) is 12.0 Å². The first-order valence-corrected chi connectivity index (χ1v) is 6.21.